The number of aromatic nitrogens is 2. The number of hydrogen-bond acceptors (Lipinski definition) is 5. The van der Waals surface area contributed by atoms with Crippen LogP contribution in [0.3, 0.4) is 0 Å². The van der Waals surface area contributed by atoms with E-state index in [2.05, 4.69) is 15.5 Å². The monoisotopic (exact) mass is 336 g/mol. The molecule has 2 aromatic carbocycles. The van der Waals surface area contributed by atoms with Gasteiger partial charge >= 0.3 is 0 Å². The maximum atomic E-state index is 13.1. The molecule has 3 aromatic rings. The minimum Gasteiger partial charge on any atom is -0.497 e. The van der Waals surface area contributed by atoms with E-state index in [9.17, 15) is 4.79 Å². The Labute approximate surface area is 145 Å². The lowest BCUT2D eigenvalue weighted by atomic mass is 10.2. The minimum atomic E-state index is -0.161. The Morgan fingerprint density at radius 3 is 2.80 bits per heavy atom. The van der Waals surface area contributed by atoms with Crippen LogP contribution >= 0.6 is 0 Å². The van der Waals surface area contributed by atoms with E-state index in [4.69, 9.17) is 4.74 Å². The number of rotatable bonds is 5. The smallest absolute Gasteiger partial charge is 0.267 e. The summed E-state index contributed by atoms with van der Waals surface area (Å²) in [5.74, 6) is 1.03. The van der Waals surface area contributed by atoms with E-state index >= 15 is 0 Å². The minimum absolute atomic E-state index is 0.161. The predicted molar refractivity (Wildman–Crippen MR) is 101 cm³/mol. The number of hydrazone groups is 1. The van der Waals surface area contributed by atoms with E-state index in [1.807, 2.05) is 50.2 Å². The summed E-state index contributed by atoms with van der Waals surface area (Å²) >= 11 is 0. The van der Waals surface area contributed by atoms with Crippen molar-refractivity contribution < 1.29 is 4.74 Å². The number of nitrogens with zero attached hydrogens (tertiary/aromatic N) is 3. The van der Waals surface area contributed by atoms with Crippen molar-refractivity contribution in [2.75, 3.05) is 12.5 Å². The molecule has 0 fully saturated rings. The van der Waals surface area contributed by atoms with E-state index in [0.717, 1.165) is 12.1 Å². The third kappa shape index (κ3) is 3.38. The number of benzene rings is 2. The molecule has 0 bridgehead atoms. The van der Waals surface area contributed by atoms with Crippen LogP contribution in [0.1, 0.15) is 20.3 Å². The van der Waals surface area contributed by atoms with Crippen molar-refractivity contribution in [2.45, 2.75) is 20.3 Å². The topological polar surface area (TPSA) is 68.5 Å². The van der Waals surface area contributed by atoms with Gasteiger partial charge in [-0.2, -0.15) is 5.10 Å². The molecule has 6 nitrogen and oxygen atoms in total. The second kappa shape index (κ2) is 7.17. The van der Waals surface area contributed by atoms with E-state index in [1.165, 1.54) is 4.57 Å². The van der Waals surface area contributed by atoms with Gasteiger partial charge in [-0.1, -0.05) is 25.1 Å². The summed E-state index contributed by atoms with van der Waals surface area (Å²) in [5.41, 5.74) is 4.97. The van der Waals surface area contributed by atoms with Crippen molar-refractivity contribution in [3.63, 3.8) is 0 Å². The highest BCUT2D eigenvalue weighted by molar-refractivity contribution is 5.82. The summed E-state index contributed by atoms with van der Waals surface area (Å²) in [7, 11) is 1.59. The lowest BCUT2D eigenvalue weighted by molar-refractivity contribution is 0.414. The van der Waals surface area contributed by atoms with Gasteiger partial charge in [-0.05, 0) is 37.6 Å². The average Bonchev–Trinajstić information content (AvgIpc) is 2.66. The molecule has 0 saturated carbocycles. The lowest BCUT2D eigenvalue weighted by Crippen LogP contribution is -2.23. The fourth-order valence-electron chi connectivity index (χ4n) is 2.42. The summed E-state index contributed by atoms with van der Waals surface area (Å²) in [4.78, 5) is 17.6. The predicted octanol–water partition coefficient (Wildman–Crippen LogP) is 3.59. The molecule has 0 amide bonds. The molecule has 0 saturated heterocycles. The van der Waals surface area contributed by atoms with Gasteiger partial charge in [0.1, 0.15) is 5.75 Å². The van der Waals surface area contributed by atoms with Crippen molar-refractivity contribution in [3.05, 3.63) is 58.9 Å². The van der Waals surface area contributed by atoms with Gasteiger partial charge in [0, 0.05) is 11.8 Å². The van der Waals surface area contributed by atoms with Crippen LogP contribution in [0.4, 0.5) is 5.95 Å². The number of anilines is 1. The molecule has 0 aliphatic rings. The molecule has 6 heteroatoms. The summed E-state index contributed by atoms with van der Waals surface area (Å²) < 4.78 is 6.79. The first kappa shape index (κ1) is 16.7. The van der Waals surface area contributed by atoms with Gasteiger partial charge in [-0.3, -0.25) is 4.79 Å². The summed E-state index contributed by atoms with van der Waals surface area (Å²) in [6, 6.07) is 14.6. The van der Waals surface area contributed by atoms with Gasteiger partial charge in [-0.15, -0.1) is 0 Å². The molecule has 1 aromatic heterocycles. The zero-order chi connectivity index (χ0) is 17.8. The Hall–Kier alpha value is -3.15. The molecule has 25 heavy (non-hydrogen) atoms. The van der Waals surface area contributed by atoms with Crippen LogP contribution in [-0.4, -0.2) is 22.4 Å². The van der Waals surface area contributed by atoms with E-state index in [1.54, 1.807) is 19.2 Å². The van der Waals surface area contributed by atoms with E-state index < -0.39 is 0 Å². The molecule has 3 rings (SSSR count). The summed E-state index contributed by atoms with van der Waals surface area (Å²) in [6.07, 6.45) is 0.809. The molecule has 0 aliphatic heterocycles. The first-order chi connectivity index (χ1) is 12.1. The maximum Gasteiger partial charge on any atom is 0.267 e. The third-order valence-electron chi connectivity index (χ3n) is 3.95. The molecule has 1 heterocycles. The number of hydrogen-bond donors (Lipinski definition) is 1. The Bertz CT molecular complexity index is 992. The van der Waals surface area contributed by atoms with Crippen molar-refractivity contribution in [1.82, 2.24) is 9.55 Å². The maximum absolute atomic E-state index is 13.1. The van der Waals surface area contributed by atoms with Crippen LogP contribution in [0.2, 0.25) is 0 Å². The van der Waals surface area contributed by atoms with Gasteiger partial charge < -0.3 is 4.74 Å². The van der Waals surface area contributed by atoms with E-state index in [-0.39, 0.29) is 5.56 Å². The van der Waals surface area contributed by atoms with Crippen molar-refractivity contribution >= 4 is 22.6 Å². The molecular formula is C19H20N4O2. The molecule has 1 N–H and O–H groups in total. The third-order valence-corrected chi connectivity index (χ3v) is 3.95. The Kier molecular flexibility index (Phi) is 4.79. The van der Waals surface area contributed by atoms with Crippen LogP contribution < -0.4 is 15.7 Å². The largest absolute Gasteiger partial charge is 0.497 e. The quantitative estimate of drug-likeness (QED) is 0.571. The molecule has 128 valence electrons. The lowest BCUT2D eigenvalue weighted by Gasteiger charge is -2.14. The fourth-order valence-corrected chi connectivity index (χ4v) is 2.42. The molecule has 0 unspecified atom stereocenters. The number of methoxy groups -OCH3 is 1. The molecule has 0 spiro atoms. The van der Waals surface area contributed by atoms with Crippen LogP contribution in [0.25, 0.3) is 16.6 Å². The van der Waals surface area contributed by atoms with E-state index in [0.29, 0.717) is 28.3 Å². The first-order valence-electron chi connectivity index (χ1n) is 8.09. The Morgan fingerprint density at radius 2 is 2.04 bits per heavy atom. The number of fused-ring (bicyclic) bond motifs is 1. The summed E-state index contributed by atoms with van der Waals surface area (Å²) in [6.45, 7) is 3.94. The SMILES string of the molecule is CC/C(C)=N/Nc1nc2ccccc2c(=O)n1-c1cccc(OC)c1. The van der Waals surface area contributed by atoms with Crippen molar-refractivity contribution in [3.8, 4) is 11.4 Å². The Morgan fingerprint density at radius 1 is 1.24 bits per heavy atom. The average molecular weight is 336 g/mol. The van der Waals surface area contributed by atoms with Crippen LogP contribution in [0.15, 0.2) is 58.4 Å². The highest BCUT2D eigenvalue weighted by atomic mass is 16.5. The van der Waals surface area contributed by atoms with Gasteiger partial charge in [0.2, 0.25) is 5.95 Å². The number of nitrogens with one attached hydrogen (secondary N) is 1. The second-order valence-electron chi connectivity index (χ2n) is 5.61. The van der Waals surface area contributed by atoms with Gasteiger partial charge in [0.15, 0.2) is 0 Å². The van der Waals surface area contributed by atoms with Gasteiger partial charge in [0.25, 0.3) is 5.56 Å². The zero-order valence-corrected chi connectivity index (χ0v) is 14.5. The van der Waals surface area contributed by atoms with Gasteiger partial charge in [0.05, 0.1) is 23.7 Å². The summed E-state index contributed by atoms with van der Waals surface area (Å²) in [5, 5.41) is 4.85. The first-order valence-corrected chi connectivity index (χ1v) is 8.09. The van der Waals surface area contributed by atoms with Gasteiger partial charge in [-0.25, -0.2) is 15.0 Å². The van der Waals surface area contributed by atoms with Crippen LogP contribution in [0, 0.1) is 0 Å². The molecule has 0 aliphatic carbocycles. The molecular weight excluding hydrogens is 316 g/mol. The number of ether oxygens (including phenoxy) is 1. The molecule has 0 radical (unpaired) electrons. The zero-order valence-electron chi connectivity index (χ0n) is 14.5. The van der Waals surface area contributed by atoms with Crippen LogP contribution in [0.5, 0.6) is 5.75 Å². The fraction of sp³-hybridized carbons (Fsp3) is 0.211. The second-order valence-corrected chi connectivity index (χ2v) is 5.61. The number of para-hydroxylation sites is 1. The Balaban J connectivity index is 2.26. The van der Waals surface area contributed by atoms with Crippen molar-refractivity contribution in [2.24, 2.45) is 5.10 Å². The van der Waals surface area contributed by atoms with Crippen LogP contribution in [-0.2, 0) is 0 Å². The highest BCUT2D eigenvalue weighted by Crippen LogP contribution is 2.20. The van der Waals surface area contributed by atoms with Crippen molar-refractivity contribution in [1.29, 1.82) is 0 Å². The molecule has 0 atom stereocenters. The normalized spacial score (nSPS) is 11.6. The standard InChI is InChI=1S/C19H20N4O2/c1-4-13(2)21-22-19-20-17-11-6-5-10-16(17)18(24)23(19)14-8-7-9-15(12-14)25-3/h5-12H,4H2,1-3H3,(H,20,22)/b21-13+. The highest BCUT2D eigenvalue weighted by Gasteiger charge is 2.13.